The van der Waals surface area contributed by atoms with Crippen molar-refractivity contribution >= 4 is 5.91 Å². The number of carbonyl (C=O) groups excluding carboxylic acids is 1. The number of fused-ring (bicyclic) bond motifs is 1. The summed E-state index contributed by atoms with van der Waals surface area (Å²) in [6.45, 7) is 1.47. The van der Waals surface area contributed by atoms with Crippen molar-refractivity contribution in [1.29, 1.82) is 0 Å². The lowest BCUT2D eigenvalue weighted by molar-refractivity contribution is -0.128. The van der Waals surface area contributed by atoms with Crippen LogP contribution in [0, 0.1) is 5.92 Å². The lowest BCUT2D eigenvalue weighted by Gasteiger charge is -2.42. The van der Waals surface area contributed by atoms with Gasteiger partial charge in [-0.2, -0.15) is 0 Å². The first-order valence-corrected chi connectivity index (χ1v) is 13.6. The molecule has 7 nitrogen and oxygen atoms in total. The molecule has 5 rings (SSSR count). The van der Waals surface area contributed by atoms with Gasteiger partial charge in [0, 0.05) is 19.1 Å². The number of nitrogens with one attached hydrogen (secondary N) is 1. The van der Waals surface area contributed by atoms with Crippen molar-refractivity contribution in [1.82, 2.24) is 10.2 Å². The third-order valence-electron chi connectivity index (χ3n) is 7.88. The Morgan fingerprint density at radius 3 is 2.21 bits per heavy atom. The minimum atomic E-state index is -0.420. The number of ether oxygens (including phenoxy) is 4. The molecule has 206 valence electrons. The van der Waals surface area contributed by atoms with Crippen LogP contribution in [0.15, 0.2) is 60.7 Å². The summed E-state index contributed by atoms with van der Waals surface area (Å²) in [7, 11) is 6.61. The average Bonchev–Trinajstić information content (AvgIpc) is 3.81. The molecule has 3 aromatic rings. The van der Waals surface area contributed by atoms with Gasteiger partial charge >= 0.3 is 0 Å². The SMILES string of the molecule is COc1ccc(C[C@H]2c3cc(OC)c(OC)cc3CCN2[C@@H](C(=O)NCC2CC2)c2ccccc2)cc1OC. The van der Waals surface area contributed by atoms with Crippen LogP contribution in [-0.4, -0.2) is 52.3 Å². The summed E-state index contributed by atoms with van der Waals surface area (Å²) in [4.78, 5) is 16.2. The Kier molecular flexibility index (Phi) is 8.27. The Hall–Kier alpha value is -3.71. The number of nitrogens with zero attached hydrogens (tertiary/aromatic N) is 1. The maximum atomic E-state index is 13.9. The van der Waals surface area contributed by atoms with E-state index in [0.717, 1.165) is 42.0 Å². The van der Waals surface area contributed by atoms with Gasteiger partial charge in [-0.15, -0.1) is 0 Å². The van der Waals surface area contributed by atoms with Gasteiger partial charge in [-0.3, -0.25) is 9.69 Å². The molecule has 7 heteroatoms. The van der Waals surface area contributed by atoms with Crippen molar-refractivity contribution in [3.8, 4) is 23.0 Å². The molecule has 3 aromatic carbocycles. The van der Waals surface area contributed by atoms with Crippen LogP contribution in [-0.2, 0) is 17.6 Å². The van der Waals surface area contributed by atoms with Gasteiger partial charge in [0.2, 0.25) is 5.91 Å². The highest BCUT2D eigenvalue weighted by atomic mass is 16.5. The second-order valence-corrected chi connectivity index (χ2v) is 10.3. The summed E-state index contributed by atoms with van der Waals surface area (Å²) in [6, 6.07) is 19.8. The van der Waals surface area contributed by atoms with Crippen LogP contribution in [0.5, 0.6) is 23.0 Å². The smallest absolute Gasteiger partial charge is 0.241 e. The van der Waals surface area contributed by atoms with E-state index in [2.05, 4.69) is 40.5 Å². The van der Waals surface area contributed by atoms with Gasteiger partial charge in [0.15, 0.2) is 23.0 Å². The zero-order valence-electron chi connectivity index (χ0n) is 23.2. The second kappa shape index (κ2) is 12.0. The van der Waals surface area contributed by atoms with Gasteiger partial charge in [-0.25, -0.2) is 0 Å². The standard InChI is InChI=1S/C32H38N2O5/c1-36-27-13-12-22(17-28(27)37-2)16-26-25-19-30(39-4)29(38-3)18-24(25)14-15-34(26)31(23-8-6-5-7-9-23)32(35)33-20-21-10-11-21/h5-9,12-13,17-19,21,26,31H,10-11,14-16,20H2,1-4H3,(H,33,35)/t26-,31+/m0/s1. The number of amides is 1. The third kappa shape index (κ3) is 5.83. The van der Waals surface area contributed by atoms with Crippen molar-refractivity contribution in [2.45, 2.75) is 37.8 Å². The first-order valence-electron chi connectivity index (χ1n) is 13.6. The van der Waals surface area contributed by atoms with Crippen LogP contribution >= 0.6 is 0 Å². The Morgan fingerprint density at radius 1 is 0.872 bits per heavy atom. The van der Waals surface area contributed by atoms with Gasteiger partial charge in [0.25, 0.3) is 0 Å². The van der Waals surface area contributed by atoms with E-state index in [1.165, 1.54) is 18.4 Å². The van der Waals surface area contributed by atoms with Crippen LogP contribution in [0.1, 0.15) is 47.2 Å². The van der Waals surface area contributed by atoms with E-state index in [1.54, 1.807) is 28.4 Å². The van der Waals surface area contributed by atoms with E-state index in [-0.39, 0.29) is 11.9 Å². The minimum Gasteiger partial charge on any atom is -0.493 e. The molecule has 0 saturated heterocycles. The molecule has 0 unspecified atom stereocenters. The summed E-state index contributed by atoms with van der Waals surface area (Å²) in [5.41, 5.74) is 4.44. The maximum Gasteiger partial charge on any atom is 0.241 e. The normalized spacial score (nSPS) is 17.6. The highest BCUT2D eigenvalue weighted by Gasteiger charge is 2.38. The number of hydrogen-bond donors (Lipinski definition) is 1. The number of hydrogen-bond acceptors (Lipinski definition) is 6. The number of carbonyl (C=O) groups is 1. The summed E-state index contributed by atoms with van der Waals surface area (Å²) >= 11 is 0. The largest absolute Gasteiger partial charge is 0.493 e. The Bertz CT molecular complexity index is 1290. The first kappa shape index (κ1) is 26.9. The van der Waals surface area contributed by atoms with Gasteiger partial charge in [-0.05, 0) is 78.1 Å². The predicted molar refractivity (Wildman–Crippen MR) is 151 cm³/mol. The number of methoxy groups -OCH3 is 4. The molecule has 0 bridgehead atoms. The van der Waals surface area contributed by atoms with E-state index >= 15 is 0 Å². The lowest BCUT2D eigenvalue weighted by atomic mass is 9.86. The molecule has 1 fully saturated rings. The molecule has 2 aliphatic rings. The highest BCUT2D eigenvalue weighted by Crippen LogP contribution is 2.43. The van der Waals surface area contributed by atoms with Crippen LogP contribution in [0.4, 0.5) is 0 Å². The Morgan fingerprint density at radius 2 is 1.54 bits per heavy atom. The zero-order chi connectivity index (χ0) is 27.4. The number of benzene rings is 3. The van der Waals surface area contributed by atoms with Crippen LogP contribution in [0.2, 0.25) is 0 Å². The first-order chi connectivity index (χ1) is 19.1. The maximum absolute atomic E-state index is 13.9. The van der Waals surface area contributed by atoms with Crippen molar-refractivity contribution in [2.75, 3.05) is 41.5 Å². The van der Waals surface area contributed by atoms with Crippen LogP contribution in [0.3, 0.4) is 0 Å². The fourth-order valence-corrected chi connectivity index (χ4v) is 5.61. The molecule has 39 heavy (non-hydrogen) atoms. The third-order valence-corrected chi connectivity index (χ3v) is 7.88. The molecule has 1 amide bonds. The molecule has 0 spiro atoms. The van der Waals surface area contributed by atoms with E-state index in [0.29, 0.717) is 29.6 Å². The summed E-state index contributed by atoms with van der Waals surface area (Å²) in [5, 5.41) is 3.26. The second-order valence-electron chi connectivity index (χ2n) is 10.3. The summed E-state index contributed by atoms with van der Waals surface area (Å²) < 4.78 is 22.4. The Balaban J connectivity index is 1.58. The van der Waals surface area contributed by atoms with E-state index in [4.69, 9.17) is 18.9 Å². The van der Waals surface area contributed by atoms with Crippen molar-refractivity contribution in [3.63, 3.8) is 0 Å². The fourth-order valence-electron chi connectivity index (χ4n) is 5.61. The molecule has 2 atom stereocenters. The van der Waals surface area contributed by atoms with Crippen molar-refractivity contribution in [3.05, 3.63) is 82.9 Å². The number of rotatable bonds is 11. The molecule has 1 N–H and O–H groups in total. The Labute approximate surface area is 231 Å². The minimum absolute atomic E-state index is 0.0503. The molecule has 0 radical (unpaired) electrons. The fraction of sp³-hybridized carbons (Fsp3) is 0.406. The van der Waals surface area contributed by atoms with E-state index < -0.39 is 6.04 Å². The predicted octanol–water partition coefficient (Wildman–Crippen LogP) is 5.13. The van der Waals surface area contributed by atoms with Crippen molar-refractivity contribution in [2.24, 2.45) is 5.92 Å². The molecule has 1 saturated carbocycles. The monoisotopic (exact) mass is 530 g/mol. The van der Waals surface area contributed by atoms with Gasteiger partial charge < -0.3 is 24.3 Å². The topological polar surface area (TPSA) is 69.3 Å². The summed E-state index contributed by atoms with van der Waals surface area (Å²) in [6.07, 6.45) is 3.87. The summed E-state index contributed by atoms with van der Waals surface area (Å²) in [5.74, 6) is 3.43. The lowest BCUT2D eigenvalue weighted by Crippen LogP contribution is -2.46. The van der Waals surface area contributed by atoms with Crippen molar-refractivity contribution < 1.29 is 23.7 Å². The zero-order valence-corrected chi connectivity index (χ0v) is 23.2. The molecule has 1 heterocycles. The van der Waals surface area contributed by atoms with Gasteiger partial charge in [0.05, 0.1) is 28.4 Å². The van der Waals surface area contributed by atoms with E-state index in [9.17, 15) is 4.79 Å². The van der Waals surface area contributed by atoms with E-state index in [1.807, 2.05) is 30.3 Å². The molecule has 1 aliphatic carbocycles. The van der Waals surface area contributed by atoms with Gasteiger partial charge in [0.1, 0.15) is 6.04 Å². The van der Waals surface area contributed by atoms with Crippen LogP contribution < -0.4 is 24.3 Å². The quantitative estimate of drug-likeness (QED) is 0.371. The van der Waals surface area contributed by atoms with Gasteiger partial charge in [-0.1, -0.05) is 36.4 Å². The van der Waals surface area contributed by atoms with Crippen LogP contribution in [0.25, 0.3) is 0 Å². The average molecular weight is 531 g/mol. The molecule has 1 aliphatic heterocycles. The molecule has 0 aromatic heterocycles. The molecular formula is C32H38N2O5. The highest BCUT2D eigenvalue weighted by molar-refractivity contribution is 5.83. The molecular weight excluding hydrogens is 492 g/mol.